The van der Waals surface area contributed by atoms with Gasteiger partial charge in [0.15, 0.2) is 20.8 Å². The quantitative estimate of drug-likeness (QED) is 0.451. The number of hydrogen-bond donors (Lipinski definition) is 0. The number of carbonyl (C=O) groups is 1. The average Bonchev–Trinajstić information content (AvgIpc) is 3.30. The Labute approximate surface area is 185 Å². The molecule has 1 atom stereocenters. The van der Waals surface area contributed by atoms with E-state index in [1.807, 2.05) is 4.57 Å². The Kier molecular flexibility index (Phi) is 6.92. The summed E-state index contributed by atoms with van der Waals surface area (Å²) in [7, 11) is -3.11. The molecular weight excluding hydrogens is 443 g/mol. The molecule has 4 rings (SSSR count). The fraction of sp³-hybridized carbons (Fsp3) is 0.550. The van der Waals surface area contributed by atoms with Gasteiger partial charge in [0.25, 0.3) is 0 Å². The molecule has 0 bridgehead atoms. The van der Waals surface area contributed by atoms with E-state index in [1.54, 1.807) is 12.1 Å². The lowest BCUT2D eigenvalue weighted by molar-refractivity contribution is -0.144. The lowest BCUT2D eigenvalue weighted by Crippen LogP contribution is -2.30. The molecule has 2 aromatic rings. The molecule has 0 N–H and O–H groups in total. The van der Waals surface area contributed by atoms with Crippen LogP contribution in [0.1, 0.15) is 31.5 Å². The lowest BCUT2D eigenvalue weighted by atomic mass is 10.1. The van der Waals surface area contributed by atoms with Crippen LogP contribution < -0.4 is 0 Å². The maximum absolute atomic E-state index is 13.4. The van der Waals surface area contributed by atoms with E-state index in [1.165, 1.54) is 30.3 Å². The third kappa shape index (κ3) is 5.83. The standard InChI is InChI=1S/C20H25FN4O4S2/c21-15-4-6-16(7-5-15)25-18(12-24-9-2-1-3-10-24)22-23-20(25)30-13-19(26)29-17-8-11-31(27,28)14-17/h4-7,17H,1-3,8-14H2. The molecule has 1 unspecified atom stereocenters. The highest BCUT2D eigenvalue weighted by atomic mass is 32.2. The molecule has 0 saturated carbocycles. The summed E-state index contributed by atoms with van der Waals surface area (Å²) in [5.74, 6) is -0.172. The fourth-order valence-corrected chi connectivity index (χ4v) is 6.20. The van der Waals surface area contributed by atoms with Crippen molar-refractivity contribution >= 4 is 27.6 Å². The maximum Gasteiger partial charge on any atom is 0.316 e. The Bertz CT molecular complexity index is 1020. The van der Waals surface area contributed by atoms with E-state index in [9.17, 15) is 17.6 Å². The summed E-state index contributed by atoms with van der Waals surface area (Å²) in [4.78, 5) is 14.6. The topological polar surface area (TPSA) is 94.4 Å². The van der Waals surface area contributed by atoms with E-state index < -0.39 is 21.9 Å². The zero-order chi connectivity index (χ0) is 21.8. The first-order chi connectivity index (χ1) is 14.9. The Morgan fingerprint density at radius 1 is 1.16 bits per heavy atom. The number of rotatable bonds is 7. The highest BCUT2D eigenvalue weighted by Gasteiger charge is 2.31. The Morgan fingerprint density at radius 3 is 2.58 bits per heavy atom. The van der Waals surface area contributed by atoms with Crippen molar-refractivity contribution in [2.75, 3.05) is 30.3 Å². The van der Waals surface area contributed by atoms with E-state index in [4.69, 9.17) is 4.74 Å². The number of ether oxygens (including phenoxy) is 1. The minimum absolute atomic E-state index is 0.0143. The number of likely N-dealkylation sites (tertiary alicyclic amines) is 1. The van der Waals surface area contributed by atoms with Crippen molar-refractivity contribution in [2.45, 2.75) is 43.5 Å². The van der Waals surface area contributed by atoms with E-state index in [0.717, 1.165) is 37.4 Å². The van der Waals surface area contributed by atoms with Gasteiger partial charge in [-0.15, -0.1) is 10.2 Å². The molecule has 8 nitrogen and oxygen atoms in total. The van der Waals surface area contributed by atoms with Gasteiger partial charge in [-0.1, -0.05) is 18.2 Å². The van der Waals surface area contributed by atoms with Gasteiger partial charge in [0.1, 0.15) is 11.9 Å². The van der Waals surface area contributed by atoms with Crippen LogP contribution in [0.2, 0.25) is 0 Å². The van der Waals surface area contributed by atoms with Gasteiger partial charge >= 0.3 is 5.97 Å². The first-order valence-corrected chi connectivity index (χ1v) is 13.2. The van der Waals surface area contributed by atoms with Crippen LogP contribution in [0.4, 0.5) is 4.39 Å². The number of carbonyl (C=O) groups excluding carboxylic acids is 1. The van der Waals surface area contributed by atoms with Crippen LogP contribution in [0.5, 0.6) is 0 Å². The Hall–Kier alpha value is -1.98. The van der Waals surface area contributed by atoms with Crippen LogP contribution in [0.3, 0.4) is 0 Å². The number of esters is 1. The maximum atomic E-state index is 13.4. The minimum atomic E-state index is -3.11. The molecule has 0 amide bonds. The van der Waals surface area contributed by atoms with Crippen molar-refractivity contribution in [3.05, 3.63) is 35.9 Å². The van der Waals surface area contributed by atoms with Gasteiger partial charge < -0.3 is 4.74 Å². The number of thioether (sulfide) groups is 1. The van der Waals surface area contributed by atoms with Gasteiger partial charge in [-0.25, -0.2) is 12.8 Å². The minimum Gasteiger partial charge on any atom is -0.461 e. The van der Waals surface area contributed by atoms with Crippen LogP contribution in [-0.2, 0) is 25.9 Å². The van der Waals surface area contributed by atoms with Crippen LogP contribution in [0.25, 0.3) is 5.69 Å². The molecule has 1 aromatic carbocycles. The molecule has 2 aliphatic rings. The van der Waals surface area contributed by atoms with E-state index in [2.05, 4.69) is 15.1 Å². The van der Waals surface area contributed by atoms with Gasteiger partial charge in [0.05, 0.1) is 23.8 Å². The van der Waals surface area contributed by atoms with Gasteiger partial charge in [-0.05, 0) is 56.6 Å². The number of halogens is 1. The largest absolute Gasteiger partial charge is 0.461 e. The summed E-state index contributed by atoms with van der Waals surface area (Å²) in [6.45, 7) is 2.61. The first-order valence-electron chi connectivity index (χ1n) is 10.3. The normalized spacial score (nSPS) is 21.3. The molecule has 11 heteroatoms. The number of hydrogen-bond acceptors (Lipinski definition) is 8. The molecule has 31 heavy (non-hydrogen) atoms. The number of sulfone groups is 1. The third-order valence-electron chi connectivity index (χ3n) is 5.41. The highest BCUT2D eigenvalue weighted by Crippen LogP contribution is 2.25. The molecule has 0 radical (unpaired) electrons. The average molecular weight is 469 g/mol. The van der Waals surface area contributed by atoms with Crippen molar-refractivity contribution < 1.29 is 22.3 Å². The fourth-order valence-electron chi connectivity index (χ4n) is 3.86. The number of piperidine rings is 1. The summed E-state index contributed by atoms with van der Waals surface area (Å²) in [6, 6.07) is 6.07. The predicted molar refractivity (Wildman–Crippen MR) is 114 cm³/mol. The summed E-state index contributed by atoms with van der Waals surface area (Å²) in [5, 5.41) is 9.10. The van der Waals surface area contributed by atoms with Crippen molar-refractivity contribution in [3.8, 4) is 5.69 Å². The Balaban J connectivity index is 1.47. The number of aromatic nitrogens is 3. The SMILES string of the molecule is O=C(CSc1nnc(CN2CCCCC2)n1-c1ccc(F)cc1)OC1CCS(=O)(=O)C1. The van der Waals surface area contributed by atoms with Crippen LogP contribution in [0, 0.1) is 5.82 Å². The van der Waals surface area contributed by atoms with Crippen molar-refractivity contribution in [1.29, 1.82) is 0 Å². The van der Waals surface area contributed by atoms with Crippen molar-refractivity contribution in [2.24, 2.45) is 0 Å². The van der Waals surface area contributed by atoms with Crippen LogP contribution in [0.15, 0.2) is 29.4 Å². The summed E-state index contributed by atoms with van der Waals surface area (Å²) < 4.78 is 43.7. The molecule has 3 heterocycles. The first kappa shape index (κ1) is 22.2. The second-order valence-electron chi connectivity index (χ2n) is 7.85. The Morgan fingerprint density at radius 2 is 1.90 bits per heavy atom. The zero-order valence-electron chi connectivity index (χ0n) is 17.1. The van der Waals surface area contributed by atoms with Gasteiger partial charge in [0, 0.05) is 5.69 Å². The summed E-state index contributed by atoms with van der Waals surface area (Å²) >= 11 is 1.17. The van der Waals surface area contributed by atoms with E-state index >= 15 is 0 Å². The smallest absolute Gasteiger partial charge is 0.316 e. The second kappa shape index (κ2) is 9.66. The molecule has 0 spiro atoms. The molecular formula is C20H25FN4O4S2. The van der Waals surface area contributed by atoms with Gasteiger partial charge in [-0.3, -0.25) is 14.3 Å². The van der Waals surface area contributed by atoms with Crippen LogP contribution in [-0.4, -0.2) is 70.5 Å². The molecule has 168 valence electrons. The van der Waals surface area contributed by atoms with Gasteiger partial charge in [0.2, 0.25) is 0 Å². The third-order valence-corrected chi connectivity index (χ3v) is 8.05. The number of benzene rings is 1. The van der Waals surface area contributed by atoms with E-state index in [-0.39, 0.29) is 23.1 Å². The predicted octanol–water partition coefficient (Wildman–Crippen LogP) is 2.21. The monoisotopic (exact) mass is 468 g/mol. The molecule has 0 aliphatic carbocycles. The molecule has 2 aliphatic heterocycles. The summed E-state index contributed by atoms with van der Waals surface area (Å²) in [6.07, 6.45) is 3.28. The van der Waals surface area contributed by atoms with E-state index in [0.29, 0.717) is 18.1 Å². The lowest BCUT2D eigenvalue weighted by Gasteiger charge is -2.26. The van der Waals surface area contributed by atoms with Crippen LogP contribution >= 0.6 is 11.8 Å². The number of nitrogens with zero attached hydrogens (tertiary/aromatic N) is 4. The second-order valence-corrected chi connectivity index (χ2v) is 11.0. The van der Waals surface area contributed by atoms with Gasteiger partial charge in [-0.2, -0.15) is 0 Å². The zero-order valence-corrected chi connectivity index (χ0v) is 18.7. The highest BCUT2D eigenvalue weighted by molar-refractivity contribution is 7.99. The van der Waals surface area contributed by atoms with Crippen molar-refractivity contribution in [3.63, 3.8) is 0 Å². The van der Waals surface area contributed by atoms with Crippen molar-refractivity contribution in [1.82, 2.24) is 19.7 Å². The molecule has 2 fully saturated rings. The molecule has 2 saturated heterocycles. The summed E-state index contributed by atoms with van der Waals surface area (Å²) in [5.41, 5.74) is 0.719. The molecule has 1 aromatic heterocycles.